The van der Waals surface area contributed by atoms with Gasteiger partial charge in [0.25, 0.3) is 5.97 Å². The Kier molecular flexibility index (Phi) is 19.4. The van der Waals surface area contributed by atoms with Crippen LogP contribution in [0.2, 0.25) is 0 Å². The zero-order chi connectivity index (χ0) is 12.1. The number of ether oxygens (including phenoxy) is 1. The van der Waals surface area contributed by atoms with Gasteiger partial charge in [0.1, 0.15) is 0 Å². The highest BCUT2D eigenvalue weighted by molar-refractivity contribution is 8.10. The molecule has 84 valence electrons. The number of rotatable bonds is 1. The van der Waals surface area contributed by atoms with E-state index in [1.807, 2.05) is 6.92 Å². The highest BCUT2D eigenvalue weighted by Crippen LogP contribution is 1.83. The monoisotopic (exact) mass is 241 g/mol. The summed E-state index contributed by atoms with van der Waals surface area (Å²) in [6.07, 6.45) is 0. The lowest BCUT2D eigenvalue weighted by Crippen LogP contribution is -2.20. The van der Waals surface area contributed by atoms with Gasteiger partial charge in [0.2, 0.25) is 4.38 Å². The maximum atomic E-state index is 9.00. The summed E-state index contributed by atoms with van der Waals surface area (Å²) in [6, 6.07) is 0. The van der Waals surface area contributed by atoms with Crippen molar-refractivity contribution < 1.29 is 14.6 Å². The number of hydrogen-bond donors (Lipinski definition) is 5. The van der Waals surface area contributed by atoms with Gasteiger partial charge in [-0.2, -0.15) is 0 Å². The van der Waals surface area contributed by atoms with E-state index in [1.54, 1.807) is 0 Å². The summed E-state index contributed by atoms with van der Waals surface area (Å²) in [4.78, 5) is 9.00. The fourth-order valence-electron chi connectivity index (χ4n) is 0.123. The van der Waals surface area contributed by atoms with Gasteiger partial charge < -0.3 is 21.3 Å². The third-order valence-electron chi connectivity index (χ3n) is 0.268. The summed E-state index contributed by atoms with van der Waals surface area (Å²) in [6.45, 7) is 3.56. The summed E-state index contributed by atoms with van der Waals surface area (Å²) in [5.41, 5.74) is 8.94. The lowest BCUT2D eigenvalue weighted by atomic mass is 10.9. The number of carboxylic acids is 1. The number of guanidine groups is 1. The fraction of sp³-hybridized carbons (Fsp3) is 0.500. The van der Waals surface area contributed by atoms with E-state index in [0.29, 0.717) is 11.0 Å². The molecule has 0 saturated carbocycles. The van der Waals surface area contributed by atoms with Gasteiger partial charge in [0.05, 0.1) is 6.61 Å². The van der Waals surface area contributed by atoms with Crippen molar-refractivity contribution in [1.82, 2.24) is 0 Å². The minimum absolute atomic E-state index is 0.317. The van der Waals surface area contributed by atoms with E-state index >= 15 is 0 Å². The van der Waals surface area contributed by atoms with E-state index in [9.17, 15) is 0 Å². The quantitative estimate of drug-likeness (QED) is 0.193. The van der Waals surface area contributed by atoms with Crippen LogP contribution >= 0.6 is 24.8 Å². The zero-order valence-electron chi connectivity index (χ0n) is 7.98. The van der Waals surface area contributed by atoms with Gasteiger partial charge >= 0.3 is 0 Å². The second-order valence-corrected chi connectivity index (χ2v) is 2.75. The molecule has 0 atom stereocenters. The van der Waals surface area contributed by atoms with Crippen molar-refractivity contribution in [2.45, 2.75) is 13.8 Å². The minimum atomic E-state index is -0.833. The van der Waals surface area contributed by atoms with Gasteiger partial charge in [0.15, 0.2) is 5.96 Å². The SMILES string of the molecule is CC(=O)O.CCOC(=S)S.N=C(N)N. The van der Waals surface area contributed by atoms with E-state index in [1.165, 1.54) is 0 Å². The third-order valence-corrected chi connectivity index (χ3v) is 0.515. The molecule has 0 heterocycles. The Bertz CT molecular complexity index is 167. The lowest BCUT2D eigenvalue weighted by Gasteiger charge is -1.92. The third kappa shape index (κ3) is 279. The molecule has 0 unspecified atom stereocenters. The van der Waals surface area contributed by atoms with Crippen molar-refractivity contribution in [2.75, 3.05) is 6.61 Å². The summed E-state index contributed by atoms with van der Waals surface area (Å²) in [5.74, 6) is -1.17. The average molecular weight is 241 g/mol. The zero-order valence-corrected chi connectivity index (χ0v) is 9.69. The first kappa shape index (κ1) is 18.7. The molecule has 0 aromatic carbocycles. The van der Waals surface area contributed by atoms with Gasteiger partial charge in [-0.25, -0.2) is 0 Å². The summed E-state index contributed by atoms with van der Waals surface area (Å²) < 4.78 is 4.95. The van der Waals surface area contributed by atoms with Gasteiger partial charge in [0, 0.05) is 6.92 Å². The molecule has 0 aromatic rings. The average Bonchev–Trinajstić information content (AvgIpc) is 1.82. The normalized spacial score (nSPS) is 6.79. The molecule has 0 aliphatic heterocycles. The van der Waals surface area contributed by atoms with E-state index < -0.39 is 5.97 Å². The molecule has 0 aliphatic rings. The van der Waals surface area contributed by atoms with Crippen molar-refractivity contribution in [2.24, 2.45) is 11.5 Å². The number of aliphatic carboxylic acids is 1. The van der Waals surface area contributed by atoms with E-state index in [2.05, 4.69) is 41.1 Å². The predicted octanol–water partition coefficient (Wildman–Crippen LogP) is 0.167. The standard InChI is InChI=1S/C3H6OS2.C2H4O2.CH5N3/c1-2-4-3(5)6;1-2(3)4;2-1(3)4/h2H2,1H3,(H,5,6);1H3,(H,3,4);(H5,2,3,4). The molecule has 0 spiro atoms. The molecule has 14 heavy (non-hydrogen) atoms. The largest absolute Gasteiger partial charge is 0.481 e. The second-order valence-electron chi connectivity index (χ2n) is 1.67. The molecule has 0 saturated heterocycles. The van der Waals surface area contributed by atoms with Gasteiger partial charge in [-0.05, 0) is 19.1 Å². The number of carbonyl (C=O) groups is 1. The predicted molar refractivity (Wildman–Crippen MR) is 62.6 cm³/mol. The van der Waals surface area contributed by atoms with Gasteiger partial charge in [-0.15, -0.1) is 0 Å². The lowest BCUT2D eigenvalue weighted by molar-refractivity contribution is -0.134. The Hall–Kier alpha value is -1.02. The Morgan fingerprint density at radius 2 is 1.86 bits per heavy atom. The molecule has 0 aliphatic carbocycles. The first-order valence-electron chi connectivity index (χ1n) is 3.38. The van der Waals surface area contributed by atoms with Crippen LogP contribution in [0.15, 0.2) is 0 Å². The number of nitrogens with one attached hydrogen (secondary N) is 1. The van der Waals surface area contributed by atoms with Crippen LogP contribution in [0.3, 0.4) is 0 Å². The van der Waals surface area contributed by atoms with Crippen molar-refractivity contribution >= 4 is 41.2 Å². The molecule has 0 rings (SSSR count). The topological polar surface area (TPSA) is 122 Å². The number of carboxylic acid groups (broad SMARTS) is 1. The Morgan fingerprint density at radius 3 is 1.86 bits per heavy atom. The highest BCUT2D eigenvalue weighted by Gasteiger charge is 1.77. The summed E-state index contributed by atoms with van der Waals surface area (Å²) in [7, 11) is 0. The number of nitrogens with two attached hydrogens (primary N) is 2. The Balaban J connectivity index is -0.000000135. The maximum Gasteiger partial charge on any atom is 0.300 e. The van der Waals surface area contributed by atoms with Gasteiger partial charge in [-0.1, -0.05) is 12.6 Å². The fourth-order valence-corrected chi connectivity index (χ4v) is 0.370. The van der Waals surface area contributed by atoms with Crippen molar-refractivity contribution in [3.05, 3.63) is 0 Å². The van der Waals surface area contributed by atoms with Crippen molar-refractivity contribution in [3.63, 3.8) is 0 Å². The van der Waals surface area contributed by atoms with Crippen LogP contribution in [0.25, 0.3) is 0 Å². The van der Waals surface area contributed by atoms with Crippen LogP contribution in [0.1, 0.15) is 13.8 Å². The molecule has 0 amide bonds. The van der Waals surface area contributed by atoms with E-state index in [0.717, 1.165) is 6.92 Å². The molecule has 6 nitrogen and oxygen atoms in total. The number of thiocarbonyl (C=S) groups is 1. The van der Waals surface area contributed by atoms with Crippen LogP contribution < -0.4 is 11.5 Å². The summed E-state index contributed by atoms with van der Waals surface area (Å²) >= 11 is 8.12. The maximum absolute atomic E-state index is 9.00. The Morgan fingerprint density at radius 1 is 1.64 bits per heavy atom. The highest BCUT2D eigenvalue weighted by atomic mass is 32.1. The van der Waals surface area contributed by atoms with Crippen LogP contribution in [-0.4, -0.2) is 28.0 Å². The van der Waals surface area contributed by atoms with Crippen LogP contribution in [-0.2, 0) is 9.53 Å². The minimum Gasteiger partial charge on any atom is -0.481 e. The molecule has 0 aromatic heterocycles. The van der Waals surface area contributed by atoms with Crippen LogP contribution in [0, 0.1) is 5.41 Å². The molecule has 0 bridgehead atoms. The summed E-state index contributed by atoms with van der Waals surface area (Å²) in [5, 5.41) is 13.5. The molecule has 0 fully saturated rings. The number of thiol groups is 1. The molecule has 0 radical (unpaired) electrons. The first-order valence-corrected chi connectivity index (χ1v) is 4.24. The van der Waals surface area contributed by atoms with Gasteiger partial charge in [-0.3, -0.25) is 10.2 Å². The van der Waals surface area contributed by atoms with E-state index in [4.69, 9.17) is 15.3 Å². The van der Waals surface area contributed by atoms with E-state index in [-0.39, 0.29) is 5.96 Å². The Labute approximate surface area is 93.5 Å². The number of hydrogen-bond acceptors (Lipinski definition) is 4. The second kappa shape index (κ2) is 14.5. The van der Waals surface area contributed by atoms with Crippen molar-refractivity contribution in [3.8, 4) is 0 Å². The van der Waals surface area contributed by atoms with Crippen LogP contribution in [0.4, 0.5) is 0 Å². The van der Waals surface area contributed by atoms with Crippen molar-refractivity contribution in [1.29, 1.82) is 5.41 Å². The van der Waals surface area contributed by atoms with Crippen LogP contribution in [0.5, 0.6) is 0 Å². The smallest absolute Gasteiger partial charge is 0.300 e. The molecular weight excluding hydrogens is 226 g/mol. The molecule has 6 N–H and O–H groups in total. The first-order chi connectivity index (χ1) is 6.23. The molecular formula is C6H15N3O3S2. The molecule has 8 heteroatoms.